The van der Waals surface area contributed by atoms with Gasteiger partial charge >= 0.3 is 5.97 Å². The second-order valence-electron chi connectivity index (χ2n) is 7.75. The van der Waals surface area contributed by atoms with Crippen molar-refractivity contribution in [3.63, 3.8) is 0 Å². The first-order valence-corrected chi connectivity index (χ1v) is 9.91. The van der Waals surface area contributed by atoms with E-state index >= 15 is 0 Å². The molecule has 1 aliphatic rings. The van der Waals surface area contributed by atoms with E-state index in [0.717, 1.165) is 22.3 Å². The van der Waals surface area contributed by atoms with Crippen molar-refractivity contribution in [1.82, 2.24) is 4.98 Å². The highest BCUT2D eigenvalue weighted by atomic mass is 16.5. The van der Waals surface area contributed by atoms with Crippen molar-refractivity contribution in [1.29, 1.82) is 0 Å². The lowest BCUT2D eigenvalue weighted by molar-refractivity contribution is -0.132. The molecule has 3 rings (SSSR count). The topological polar surface area (TPSA) is 142 Å². The van der Waals surface area contributed by atoms with Crippen LogP contribution in [0.2, 0.25) is 0 Å². The molecule has 1 unspecified atom stereocenters. The third-order valence-electron chi connectivity index (χ3n) is 5.52. The molecule has 1 aromatic carbocycles. The third kappa shape index (κ3) is 4.60. The second-order valence-corrected chi connectivity index (χ2v) is 7.75. The Morgan fingerprint density at radius 1 is 1.19 bits per heavy atom. The summed E-state index contributed by atoms with van der Waals surface area (Å²) in [6, 6.07) is 3.45. The summed E-state index contributed by atoms with van der Waals surface area (Å²) >= 11 is 0. The van der Waals surface area contributed by atoms with Crippen molar-refractivity contribution in [2.45, 2.75) is 46.1 Å². The van der Waals surface area contributed by atoms with Gasteiger partial charge in [0, 0.05) is 30.1 Å². The van der Waals surface area contributed by atoms with E-state index in [1.54, 1.807) is 31.5 Å². The Bertz CT molecular complexity index is 1050. The molecule has 0 saturated carbocycles. The van der Waals surface area contributed by atoms with Gasteiger partial charge in [-0.25, -0.2) is 9.79 Å². The largest absolute Gasteiger partial charge is 0.477 e. The van der Waals surface area contributed by atoms with E-state index < -0.39 is 11.6 Å². The molecule has 1 amide bonds. The Hall–Kier alpha value is -3.62. The molecule has 0 saturated heterocycles. The van der Waals surface area contributed by atoms with E-state index in [0.29, 0.717) is 30.0 Å². The van der Waals surface area contributed by atoms with Crippen LogP contribution >= 0.6 is 0 Å². The number of amides is 1. The van der Waals surface area contributed by atoms with Crippen molar-refractivity contribution < 1.29 is 19.1 Å². The number of aliphatic imine (C=N–C) groups is 1. The van der Waals surface area contributed by atoms with Crippen LogP contribution in [-0.2, 0) is 16.0 Å². The van der Waals surface area contributed by atoms with Crippen LogP contribution in [0.3, 0.4) is 0 Å². The molecule has 9 nitrogen and oxygen atoms in total. The molecule has 0 aliphatic carbocycles. The second kappa shape index (κ2) is 8.63. The molecule has 0 bridgehead atoms. The number of anilines is 1. The van der Waals surface area contributed by atoms with Crippen LogP contribution in [0.5, 0.6) is 11.5 Å². The fourth-order valence-corrected chi connectivity index (χ4v) is 3.55. The smallest absolute Gasteiger partial charge is 0.333 e. The van der Waals surface area contributed by atoms with Crippen molar-refractivity contribution in [2.75, 3.05) is 11.9 Å². The number of hydrogen-bond donors (Lipinski definition) is 3. The monoisotopic (exact) mass is 425 g/mol. The van der Waals surface area contributed by atoms with Gasteiger partial charge in [0.05, 0.1) is 0 Å². The Morgan fingerprint density at radius 3 is 2.52 bits per heavy atom. The van der Waals surface area contributed by atoms with E-state index in [2.05, 4.69) is 15.3 Å². The Balaban J connectivity index is 1.87. The number of nitrogens with zero attached hydrogens (tertiary/aromatic N) is 2. The molecule has 0 fully saturated rings. The van der Waals surface area contributed by atoms with Gasteiger partial charge in [-0.2, -0.15) is 0 Å². The first kappa shape index (κ1) is 22.1. The summed E-state index contributed by atoms with van der Waals surface area (Å²) in [7, 11) is 0. The molecule has 164 valence electrons. The number of ether oxygens (including phenoxy) is 2. The number of benzene rings is 1. The lowest BCUT2D eigenvalue weighted by atomic mass is 9.86. The number of rotatable bonds is 5. The highest BCUT2D eigenvalue weighted by molar-refractivity contribution is 5.97. The predicted molar refractivity (Wildman–Crippen MR) is 117 cm³/mol. The number of fused-ring (bicyclic) bond motifs is 1. The number of carbonyl (C=O) groups excluding carboxylic acids is 2. The molecule has 31 heavy (non-hydrogen) atoms. The van der Waals surface area contributed by atoms with Gasteiger partial charge in [0.25, 0.3) is 5.91 Å². The van der Waals surface area contributed by atoms with Crippen molar-refractivity contribution in [3.8, 4) is 11.5 Å². The van der Waals surface area contributed by atoms with E-state index in [-0.39, 0.29) is 18.4 Å². The van der Waals surface area contributed by atoms with Crippen LogP contribution in [0.15, 0.2) is 29.5 Å². The van der Waals surface area contributed by atoms with Gasteiger partial charge in [0.1, 0.15) is 18.0 Å². The number of guanidine groups is 1. The number of pyridine rings is 1. The van der Waals surface area contributed by atoms with E-state index in [1.807, 2.05) is 20.8 Å². The Morgan fingerprint density at radius 2 is 1.87 bits per heavy atom. The minimum atomic E-state index is -1.04. The first-order valence-electron chi connectivity index (χ1n) is 9.91. The van der Waals surface area contributed by atoms with Crippen molar-refractivity contribution in [3.05, 3.63) is 46.8 Å². The van der Waals surface area contributed by atoms with Crippen LogP contribution in [0.1, 0.15) is 35.6 Å². The predicted octanol–water partition coefficient (Wildman–Crippen LogP) is 1.91. The molecule has 5 N–H and O–H groups in total. The number of esters is 1. The van der Waals surface area contributed by atoms with Crippen LogP contribution in [0.25, 0.3) is 0 Å². The quantitative estimate of drug-likeness (QED) is 0.287. The first-order chi connectivity index (χ1) is 14.6. The number of carbonyl (C=O) groups is 2. The number of nitrogens with two attached hydrogens (primary N) is 2. The summed E-state index contributed by atoms with van der Waals surface area (Å²) in [6.07, 6.45) is 4.30. The van der Waals surface area contributed by atoms with E-state index in [4.69, 9.17) is 20.9 Å². The van der Waals surface area contributed by atoms with Gasteiger partial charge in [-0.3, -0.25) is 9.78 Å². The molecule has 9 heteroatoms. The minimum absolute atomic E-state index is 0.176. The van der Waals surface area contributed by atoms with E-state index in [1.165, 1.54) is 0 Å². The summed E-state index contributed by atoms with van der Waals surface area (Å²) < 4.78 is 11.8. The molecular weight excluding hydrogens is 398 g/mol. The maximum atomic E-state index is 13.0. The van der Waals surface area contributed by atoms with Crippen LogP contribution in [-0.4, -0.2) is 35.0 Å². The molecule has 0 spiro atoms. The molecular formula is C22H27N5O4. The molecule has 2 heterocycles. The summed E-state index contributed by atoms with van der Waals surface area (Å²) in [4.78, 5) is 32.7. The van der Waals surface area contributed by atoms with Gasteiger partial charge in [-0.05, 0) is 62.9 Å². The Kier molecular flexibility index (Phi) is 6.14. The van der Waals surface area contributed by atoms with Gasteiger partial charge in [-0.15, -0.1) is 0 Å². The van der Waals surface area contributed by atoms with Crippen LogP contribution in [0, 0.1) is 20.8 Å². The van der Waals surface area contributed by atoms with E-state index in [9.17, 15) is 9.59 Å². The van der Waals surface area contributed by atoms with Crippen LogP contribution < -0.4 is 26.3 Å². The summed E-state index contributed by atoms with van der Waals surface area (Å²) in [6.45, 7) is 7.12. The summed E-state index contributed by atoms with van der Waals surface area (Å²) in [5.41, 5.74) is 13.5. The molecule has 1 aliphatic heterocycles. The average molecular weight is 425 g/mol. The fourth-order valence-electron chi connectivity index (χ4n) is 3.55. The van der Waals surface area contributed by atoms with Crippen molar-refractivity contribution in [2.24, 2.45) is 16.5 Å². The zero-order chi connectivity index (χ0) is 22.8. The zero-order valence-corrected chi connectivity index (χ0v) is 18.1. The lowest BCUT2D eigenvalue weighted by Crippen LogP contribution is -2.48. The zero-order valence-electron chi connectivity index (χ0n) is 18.1. The molecule has 0 radical (unpaired) electrons. The number of nitrogens with one attached hydrogen (secondary N) is 1. The number of hydrogen-bond acceptors (Lipinski definition) is 6. The highest BCUT2D eigenvalue weighted by Crippen LogP contribution is 2.44. The minimum Gasteiger partial charge on any atom is -0.477 e. The van der Waals surface area contributed by atoms with Crippen molar-refractivity contribution >= 4 is 23.5 Å². The third-order valence-corrected chi connectivity index (χ3v) is 5.52. The summed E-state index contributed by atoms with van der Waals surface area (Å²) in [5, 5.41) is 2.89. The summed E-state index contributed by atoms with van der Waals surface area (Å²) in [5.74, 6) is 0.159. The lowest BCUT2D eigenvalue weighted by Gasteiger charge is -2.36. The van der Waals surface area contributed by atoms with Gasteiger partial charge in [0.15, 0.2) is 11.6 Å². The molecule has 1 atom stereocenters. The molecule has 1 aromatic heterocycles. The SMILES string of the molecule is Cc1c(C)c2c(c(C)c1OC(=O)CN=C(N)N)CCC(C)(C(=O)Nc1ccncc1)O2. The van der Waals surface area contributed by atoms with Crippen LogP contribution in [0.4, 0.5) is 5.69 Å². The van der Waals surface area contributed by atoms with Gasteiger partial charge in [-0.1, -0.05) is 0 Å². The maximum absolute atomic E-state index is 13.0. The van der Waals surface area contributed by atoms with Gasteiger partial charge < -0.3 is 26.3 Å². The maximum Gasteiger partial charge on any atom is 0.333 e. The Labute approximate surface area is 180 Å². The average Bonchev–Trinajstić information content (AvgIpc) is 2.74. The number of aromatic nitrogens is 1. The standard InChI is InChI=1S/C22H27N5O4/c1-12-13(2)19-16(14(3)18(12)30-17(28)11-26-21(23)24)5-8-22(4,31-19)20(29)27-15-6-9-25-10-7-15/h6-7,9-10H,5,8,11H2,1-4H3,(H4,23,24,26)(H,25,27,29). The normalized spacial score (nSPS) is 17.2. The van der Waals surface area contributed by atoms with Gasteiger partial charge in [0.2, 0.25) is 0 Å². The fraction of sp³-hybridized carbons (Fsp3) is 0.364. The highest BCUT2D eigenvalue weighted by Gasteiger charge is 2.41. The molecule has 2 aromatic rings.